The van der Waals surface area contributed by atoms with Gasteiger partial charge in [0.2, 0.25) is 0 Å². The topological polar surface area (TPSA) is 90.1 Å². The SMILES string of the molecule is CCCCCCn1ccnc1-c1ccc2nc(CCC)n(-c3ccc(-c4ccccc4)c(-c4nnn[nH]4)c3C)c2c1. The Kier molecular flexibility index (Phi) is 7.71. The van der Waals surface area contributed by atoms with Gasteiger partial charge >= 0.3 is 0 Å². The molecule has 0 atom stereocenters. The van der Waals surface area contributed by atoms with Crippen molar-refractivity contribution in [2.24, 2.45) is 0 Å². The third kappa shape index (κ3) is 5.17. The number of hydrogen-bond donors (Lipinski definition) is 1. The zero-order valence-electron chi connectivity index (χ0n) is 24.0. The number of nitrogens with one attached hydrogen (secondary N) is 1. The highest BCUT2D eigenvalue weighted by Crippen LogP contribution is 2.37. The lowest BCUT2D eigenvalue weighted by atomic mass is 9.94. The Bertz CT molecular complexity index is 1750. The summed E-state index contributed by atoms with van der Waals surface area (Å²) in [6.45, 7) is 7.56. The lowest BCUT2D eigenvalue weighted by molar-refractivity contribution is 0.586. The van der Waals surface area contributed by atoms with Gasteiger partial charge in [-0.05, 0) is 71.1 Å². The van der Waals surface area contributed by atoms with Crippen LogP contribution in [0.2, 0.25) is 0 Å². The number of nitrogens with zero attached hydrogens (tertiary/aromatic N) is 7. The van der Waals surface area contributed by atoms with E-state index in [4.69, 9.17) is 9.97 Å². The van der Waals surface area contributed by atoms with Gasteiger partial charge in [0.25, 0.3) is 0 Å². The largest absolute Gasteiger partial charge is 0.331 e. The number of aromatic nitrogens is 8. The Balaban J connectivity index is 1.51. The van der Waals surface area contributed by atoms with Crippen molar-refractivity contribution in [1.82, 2.24) is 39.7 Å². The molecule has 0 radical (unpaired) electrons. The summed E-state index contributed by atoms with van der Waals surface area (Å²) in [5.41, 5.74) is 8.49. The van der Waals surface area contributed by atoms with Crippen LogP contribution in [0.5, 0.6) is 0 Å². The monoisotopic (exact) mass is 544 g/mol. The highest BCUT2D eigenvalue weighted by Gasteiger charge is 2.21. The Labute approximate surface area is 240 Å². The fourth-order valence-electron chi connectivity index (χ4n) is 5.75. The van der Waals surface area contributed by atoms with Crippen LogP contribution in [0.25, 0.3) is 50.6 Å². The average molecular weight is 545 g/mol. The molecule has 3 aromatic carbocycles. The molecule has 0 fully saturated rings. The van der Waals surface area contributed by atoms with E-state index in [1.54, 1.807) is 0 Å². The van der Waals surface area contributed by atoms with Gasteiger partial charge in [0.1, 0.15) is 11.6 Å². The van der Waals surface area contributed by atoms with Crippen molar-refractivity contribution in [2.45, 2.75) is 65.8 Å². The van der Waals surface area contributed by atoms with Crippen molar-refractivity contribution < 1.29 is 0 Å². The van der Waals surface area contributed by atoms with Gasteiger partial charge in [-0.1, -0.05) is 69.5 Å². The Morgan fingerprint density at radius 2 is 1.76 bits per heavy atom. The smallest absolute Gasteiger partial charge is 0.180 e. The van der Waals surface area contributed by atoms with Crippen LogP contribution in [0.3, 0.4) is 0 Å². The number of tetrazole rings is 1. The number of rotatable bonds is 11. The van der Waals surface area contributed by atoms with Gasteiger partial charge in [0.15, 0.2) is 5.82 Å². The van der Waals surface area contributed by atoms with E-state index in [0.717, 1.165) is 82.0 Å². The van der Waals surface area contributed by atoms with Gasteiger partial charge in [-0.25, -0.2) is 15.1 Å². The molecule has 8 heteroatoms. The molecule has 6 aromatic rings. The predicted octanol–water partition coefficient (Wildman–Crippen LogP) is 7.58. The maximum Gasteiger partial charge on any atom is 0.180 e. The van der Waals surface area contributed by atoms with Gasteiger partial charge in [-0.2, -0.15) is 0 Å². The average Bonchev–Trinajstić information content (AvgIpc) is 3.76. The molecule has 3 aromatic heterocycles. The number of aromatic amines is 1. The van der Waals surface area contributed by atoms with Gasteiger partial charge in [0, 0.05) is 36.5 Å². The number of H-pyrrole nitrogens is 1. The minimum Gasteiger partial charge on any atom is -0.331 e. The van der Waals surface area contributed by atoms with E-state index in [9.17, 15) is 0 Å². The van der Waals surface area contributed by atoms with Crippen molar-refractivity contribution >= 4 is 11.0 Å². The molecule has 0 unspecified atom stereocenters. The van der Waals surface area contributed by atoms with Crippen molar-refractivity contribution in [3.63, 3.8) is 0 Å². The summed E-state index contributed by atoms with van der Waals surface area (Å²) < 4.78 is 4.59. The zero-order chi connectivity index (χ0) is 28.2. The standard InChI is InChI=1S/C33H36N8/c1-4-6-7-11-20-40-21-19-34-33(40)25-15-17-27-29(22-25)41(30(35-27)12-5-2)28-18-16-26(24-13-9-8-10-14-24)31(23(28)3)32-36-38-39-37-32/h8-10,13-19,21-22H,4-7,11-12,20H2,1-3H3,(H,36,37,38,39). The van der Waals surface area contributed by atoms with E-state index in [2.05, 4.69) is 111 Å². The number of benzene rings is 3. The molecule has 8 nitrogen and oxygen atoms in total. The highest BCUT2D eigenvalue weighted by atomic mass is 15.5. The first kappa shape index (κ1) is 26.6. The van der Waals surface area contributed by atoms with E-state index in [0.29, 0.717) is 5.82 Å². The third-order valence-corrected chi connectivity index (χ3v) is 7.77. The molecule has 0 saturated heterocycles. The number of fused-ring (bicyclic) bond motifs is 1. The summed E-state index contributed by atoms with van der Waals surface area (Å²) in [6, 6.07) is 21.3. The predicted molar refractivity (Wildman–Crippen MR) is 164 cm³/mol. The molecule has 3 heterocycles. The minimum atomic E-state index is 0.649. The number of unbranched alkanes of at least 4 members (excludes halogenated alkanes) is 3. The van der Waals surface area contributed by atoms with Gasteiger partial charge in [-0.3, -0.25) is 4.57 Å². The van der Waals surface area contributed by atoms with E-state index in [1.165, 1.54) is 19.3 Å². The molecular formula is C33H36N8. The summed E-state index contributed by atoms with van der Waals surface area (Å²) in [5.74, 6) is 2.69. The second-order valence-electron chi connectivity index (χ2n) is 10.6. The molecule has 1 N–H and O–H groups in total. The molecule has 0 saturated carbocycles. The quantitative estimate of drug-likeness (QED) is 0.170. The molecule has 41 heavy (non-hydrogen) atoms. The first-order valence-electron chi connectivity index (χ1n) is 14.7. The molecule has 0 aliphatic heterocycles. The second-order valence-corrected chi connectivity index (χ2v) is 10.6. The fraction of sp³-hybridized carbons (Fsp3) is 0.303. The van der Waals surface area contributed by atoms with Gasteiger partial charge < -0.3 is 4.57 Å². The molecule has 0 bridgehead atoms. The summed E-state index contributed by atoms with van der Waals surface area (Å²) in [5, 5.41) is 15.1. The first-order valence-corrected chi connectivity index (χ1v) is 14.7. The number of imidazole rings is 2. The van der Waals surface area contributed by atoms with Crippen molar-refractivity contribution in [3.05, 3.63) is 84.4 Å². The van der Waals surface area contributed by atoms with Crippen LogP contribution >= 0.6 is 0 Å². The molecule has 0 aliphatic rings. The van der Waals surface area contributed by atoms with Crippen LogP contribution in [0.4, 0.5) is 0 Å². The summed E-state index contributed by atoms with van der Waals surface area (Å²) >= 11 is 0. The Hall–Kier alpha value is -4.59. The van der Waals surface area contributed by atoms with Gasteiger partial charge in [0.05, 0.1) is 16.7 Å². The molecule has 6 rings (SSSR count). The molecule has 0 spiro atoms. The lowest BCUT2D eigenvalue weighted by Crippen LogP contribution is -2.05. The molecule has 208 valence electrons. The fourth-order valence-corrected chi connectivity index (χ4v) is 5.75. The van der Waals surface area contributed by atoms with Crippen molar-refractivity contribution in [2.75, 3.05) is 0 Å². The maximum atomic E-state index is 5.10. The zero-order valence-corrected chi connectivity index (χ0v) is 24.0. The van der Waals surface area contributed by atoms with E-state index >= 15 is 0 Å². The van der Waals surface area contributed by atoms with Crippen LogP contribution in [-0.2, 0) is 13.0 Å². The van der Waals surface area contributed by atoms with Crippen molar-refractivity contribution in [1.29, 1.82) is 0 Å². The Morgan fingerprint density at radius 3 is 2.54 bits per heavy atom. The van der Waals surface area contributed by atoms with E-state index in [-0.39, 0.29) is 0 Å². The number of hydrogen-bond acceptors (Lipinski definition) is 5. The lowest BCUT2D eigenvalue weighted by Gasteiger charge is -2.18. The third-order valence-electron chi connectivity index (χ3n) is 7.77. The molecule has 0 aliphatic carbocycles. The first-order chi connectivity index (χ1) is 20.2. The molecule has 0 amide bonds. The van der Waals surface area contributed by atoms with Gasteiger partial charge in [-0.15, -0.1) is 5.10 Å². The normalized spacial score (nSPS) is 11.5. The maximum absolute atomic E-state index is 5.10. The van der Waals surface area contributed by atoms with Crippen LogP contribution in [0.15, 0.2) is 73.1 Å². The highest BCUT2D eigenvalue weighted by molar-refractivity contribution is 5.88. The van der Waals surface area contributed by atoms with Crippen LogP contribution in [0.1, 0.15) is 57.3 Å². The van der Waals surface area contributed by atoms with Crippen LogP contribution in [0, 0.1) is 6.92 Å². The van der Waals surface area contributed by atoms with Crippen molar-refractivity contribution in [3.8, 4) is 39.6 Å². The van der Waals surface area contributed by atoms with E-state index < -0.39 is 0 Å². The van der Waals surface area contributed by atoms with Crippen LogP contribution < -0.4 is 0 Å². The molecular weight excluding hydrogens is 508 g/mol. The summed E-state index contributed by atoms with van der Waals surface area (Å²) in [4.78, 5) is 9.85. The Morgan fingerprint density at radius 1 is 0.878 bits per heavy atom. The van der Waals surface area contributed by atoms with E-state index in [1.807, 2.05) is 12.3 Å². The summed E-state index contributed by atoms with van der Waals surface area (Å²) in [7, 11) is 0. The number of aryl methyl sites for hydroxylation is 2. The summed E-state index contributed by atoms with van der Waals surface area (Å²) in [6.07, 6.45) is 10.8. The van der Waals surface area contributed by atoms with Crippen LogP contribution in [-0.4, -0.2) is 39.7 Å². The minimum absolute atomic E-state index is 0.649. The second kappa shape index (κ2) is 11.9.